The Morgan fingerprint density at radius 1 is 1.43 bits per heavy atom. The Kier molecular flexibility index (Phi) is 5.93. The summed E-state index contributed by atoms with van der Waals surface area (Å²) < 4.78 is 0. The molecule has 1 N–H and O–H groups in total. The summed E-state index contributed by atoms with van der Waals surface area (Å²) >= 11 is 0. The first-order chi connectivity index (χ1) is 3.41. The average molecular weight is 98.2 g/mol. The molecule has 0 heterocycles. The van der Waals surface area contributed by atoms with Crippen LogP contribution in [-0.4, -0.2) is 6.54 Å². The molecule has 0 aliphatic rings. The van der Waals surface area contributed by atoms with Crippen LogP contribution in [0.2, 0.25) is 0 Å². The van der Waals surface area contributed by atoms with Crippen molar-refractivity contribution in [3.05, 3.63) is 7.05 Å². The third kappa shape index (κ3) is 5.96. The van der Waals surface area contributed by atoms with Crippen LogP contribution in [-0.2, 0) is 0 Å². The zero-order valence-electron chi connectivity index (χ0n) is 4.83. The van der Waals surface area contributed by atoms with Crippen LogP contribution in [0.25, 0.3) is 0 Å². The van der Waals surface area contributed by atoms with E-state index in [1.807, 2.05) is 0 Å². The van der Waals surface area contributed by atoms with E-state index in [4.69, 9.17) is 7.05 Å². The monoisotopic (exact) mass is 98.1 g/mol. The summed E-state index contributed by atoms with van der Waals surface area (Å²) in [5.41, 5.74) is 0. The van der Waals surface area contributed by atoms with Crippen LogP contribution in [0.15, 0.2) is 0 Å². The van der Waals surface area contributed by atoms with Gasteiger partial charge in [-0.15, -0.1) is 0 Å². The first-order valence-electron chi connectivity index (χ1n) is 2.81. The molecule has 0 rings (SSSR count). The minimum atomic E-state index is 0.841. The van der Waals surface area contributed by atoms with Crippen molar-refractivity contribution in [2.45, 2.75) is 26.2 Å². The Hall–Kier alpha value is -0.0400. The van der Waals surface area contributed by atoms with Gasteiger partial charge in [0.05, 0.1) is 7.05 Å². The van der Waals surface area contributed by atoms with E-state index in [2.05, 4.69) is 12.2 Å². The molecule has 0 bridgehead atoms. The van der Waals surface area contributed by atoms with Gasteiger partial charge in [0.15, 0.2) is 0 Å². The first-order valence-corrected chi connectivity index (χ1v) is 2.81. The van der Waals surface area contributed by atoms with Crippen LogP contribution >= 0.6 is 0 Å². The molecule has 0 saturated heterocycles. The molecule has 0 aromatic heterocycles. The fourth-order valence-corrected chi connectivity index (χ4v) is 0.463. The van der Waals surface area contributed by atoms with Gasteiger partial charge in [-0.05, 0) is 13.0 Å². The average Bonchev–Trinajstić information content (AvgIpc) is 1.69. The molecular formula is C6H12N. The highest BCUT2D eigenvalue weighted by atomic mass is 14.8. The number of rotatable bonds is 4. The van der Waals surface area contributed by atoms with Gasteiger partial charge >= 0.3 is 0 Å². The summed E-state index contributed by atoms with van der Waals surface area (Å²) in [6, 6.07) is 0. The van der Waals surface area contributed by atoms with Crippen LogP contribution in [0.4, 0.5) is 0 Å². The Bertz CT molecular complexity index is 23.4. The van der Waals surface area contributed by atoms with Crippen molar-refractivity contribution < 1.29 is 0 Å². The van der Waals surface area contributed by atoms with Gasteiger partial charge in [0.1, 0.15) is 0 Å². The minimum Gasteiger partial charge on any atom is -0.306 e. The lowest BCUT2D eigenvalue weighted by molar-refractivity contribution is 0.681. The van der Waals surface area contributed by atoms with Crippen LogP contribution in [0, 0.1) is 7.05 Å². The molecule has 41 valence electrons. The Labute approximate surface area is 46.1 Å². The smallest absolute Gasteiger partial charge is 0.0851 e. The highest BCUT2D eigenvalue weighted by Gasteiger charge is 1.79. The molecule has 0 unspecified atom stereocenters. The van der Waals surface area contributed by atoms with Crippen molar-refractivity contribution in [2.24, 2.45) is 0 Å². The van der Waals surface area contributed by atoms with E-state index < -0.39 is 0 Å². The summed E-state index contributed by atoms with van der Waals surface area (Å²) in [5.74, 6) is 0. The number of nitrogens with one attached hydrogen (secondary N) is 1. The molecule has 0 fully saturated rings. The van der Waals surface area contributed by atoms with Crippen LogP contribution in [0.5, 0.6) is 0 Å². The summed E-state index contributed by atoms with van der Waals surface area (Å²) in [7, 11) is 6.53. The largest absolute Gasteiger partial charge is 0.306 e. The summed E-state index contributed by atoms with van der Waals surface area (Å²) in [6.45, 7) is 3.00. The topological polar surface area (TPSA) is 12.0 Å². The lowest BCUT2D eigenvalue weighted by Gasteiger charge is -1.92. The van der Waals surface area contributed by atoms with E-state index in [-0.39, 0.29) is 0 Å². The molecule has 1 nitrogen and oxygen atoms in total. The molecule has 0 aliphatic heterocycles. The zero-order valence-corrected chi connectivity index (χ0v) is 4.83. The van der Waals surface area contributed by atoms with Gasteiger partial charge in [-0.25, -0.2) is 0 Å². The van der Waals surface area contributed by atoms with Crippen molar-refractivity contribution in [3.63, 3.8) is 0 Å². The van der Waals surface area contributed by atoms with E-state index in [1.165, 1.54) is 12.8 Å². The lowest BCUT2D eigenvalue weighted by atomic mass is 10.2. The predicted octanol–water partition coefficient (Wildman–Crippen LogP) is 1.31. The third-order valence-electron chi connectivity index (χ3n) is 0.905. The maximum atomic E-state index is 6.53. The molecule has 0 aromatic carbocycles. The second-order valence-electron chi connectivity index (χ2n) is 1.63. The molecule has 0 atom stereocenters. The summed E-state index contributed by atoms with van der Waals surface area (Å²) in [4.78, 5) is 0. The van der Waals surface area contributed by atoms with Gasteiger partial charge in [0, 0.05) is 0 Å². The lowest BCUT2D eigenvalue weighted by Crippen LogP contribution is -2.03. The molecule has 3 radical (unpaired) electrons. The molecule has 0 amide bonds. The second kappa shape index (κ2) is 5.96. The standard InChI is InChI=1S/C6H12N/c1-3-4-5-6-7-2/h7H,3-6H2,1H3. The first kappa shape index (κ1) is 6.96. The Morgan fingerprint density at radius 3 is 2.57 bits per heavy atom. The third-order valence-corrected chi connectivity index (χ3v) is 0.905. The predicted molar refractivity (Wildman–Crippen MR) is 30.8 cm³/mol. The van der Waals surface area contributed by atoms with Gasteiger partial charge in [-0.1, -0.05) is 19.8 Å². The molecule has 1 heteroatoms. The fraction of sp³-hybridized carbons (Fsp3) is 0.833. The van der Waals surface area contributed by atoms with E-state index in [0.717, 1.165) is 13.0 Å². The van der Waals surface area contributed by atoms with E-state index >= 15 is 0 Å². The molecule has 0 aliphatic carbocycles. The van der Waals surface area contributed by atoms with Crippen LogP contribution in [0.3, 0.4) is 0 Å². The normalized spacial score (nSPS) is 9.43. The SMILES string of the molecule is [C]NCCCCC. The van der Waals surface area contributed by atoms with E-state index in [1.54, 1.807) is 0 Å². The number of unbranched alkanes of at least 4 members (excludes halogenated alkanes) is 2. The van der Waals surface area contributed by atoms with Crippen LogP contribution < -0.4 is 5.32 Å². The number of hydrogen-bond donors (Lipinski definition) is 1. The molecule has 0 spiro atoms. The van der Waals surface area contributed by atoms with Gasteiger partial charge in [0.2, 0.25) is 0 Å². The van der Waals surface area contributed by atoms with Gasteiger partial charge < -0.3 is 5.32 Å². The molecule has 0 aromatic rings. The van der Waals surface area contributed by atoms with Crippen molar-refractivity contribution >= 4 is 0 Å². The quantitative estimate of drug-likeness (QED) is 0.523. The summed E-state index contributed by atoms with van der Waals surface area (Å²) in [6.07, 6.45) is 3.62. The van der Waals surface area contributed by atoms with E-state index in [0.29, 0.717) is 0 Å². The van der Waals surface area contributed by atoms with Gasteiger partial charge in [-0.2, -0.15) is 0 Å². The maximum absolute atomic E-state index is 6.53. The van der Waals surface area contributed by atoms with Crippen molar-refractivity contribution in [3.8, 4) is 0 Å². The second-order valence-corrected chi connectivity index (χ2v) is 1.63. The molecular weight excluding hydrogens is 86.1 g/mol. The highest BCUT2D eigenvalue weighted by molar-refractivity contribution is 4.42. The van der Waals surface area contributed by atoms with Crippen molar-refractivity contribution in [1.29, 1.82) is 0 Å². The Balaban J connectivity index is 2.45. The maximum Gasteiger partial charge on any atom is 0.0851 e. The molecule has 7 heavy (non-hydrogen) atoms. The van der Waals surface area contributed by atoms with Crippen molar-refractivity contribution in [1.82, 2.24) is 5.32 Å². The summed E-state index contributed by atoms with van der Waals surface area (Å²) in [5, 5.41) is 2.35. The van der Waals surface area contributed by atoms with E-state index in [9.17, 15) is 0 Å². The highest BCUT2D eigenvalue weighted by Crippen LogP contribution is 1.89. The number of hydrogen-bond acceptors (Lipinski definition) is 1. The van der Waals surface area contributed by atoms with Crippen molar-refractivity contribution in [2.75, 3.05) is 6.54 Å². The van der Waals surface area contributed by atoms with Crippen LogP contribution in [0.1, 0.15) is 26.2 Å². The Morgan fingerprint density at radius 2 is 2.14 bits per heavy atom. The fourth-order valence-electron chi connectivity index (χ4n) is 0.463. The zero-order chi connectivity index (χ0) is 5.54. The molecule has 0 saturated carbocycles. The van der Waals surface area contributed by atoms with Gasteiger partial charge in [-0.3, -0.25) is 0 Å². The minimum absolute atomic E-state index is 0.841. The van der Waals surface area contributed by atoms with Gasteiger partial charge in [0.25, 0.3) is 0 Å².